The van der Waals surface area contributed by atoms with Gasteiger partial charge < -0.3 is 23.8 Å². The molecule has 0 radical (unpaired) electrons. The standard InChI is InChI=1S/C19H24F2N2O4.C12H11F2NO2/c1-11(2)15-16(13-7-6-12(20)10-14(13)21)27-23-17(15)25-9-8-22-18(24)26-19(3,4)5;1-6(2)10-11(17-15-12(10)16)8-4-3-7(13)5-9(8)14/h6-7,10-11H,8-9H2,1-5H3,(H,22,24);3-6H,1-2H3,(H,15,16). The summed E-state index contributed by atoms with van der Waals surface area (Å²) >= 11 is 0. The van der Waals surface area contributed by atoms with Gasteiger partial charge in [0.1, 0.15) is 35.5 Å². The zero-order valence-electron chi connectivity index (χ0n) is 25.4. The zero-order chi connectivity index (χ0) is 32.8. The lowest BCUT2D eigenvalue weighted by Gasteiger charge is -2.19. The summed E-state index contributed by atoms with van der Waals surface area (Å²) in [7, 11) is 0. The Bertz CT molecular complexity index is 1640. The van der Waals surface area contributed by atoms with Crippen LogP contribution >= 0.6 is 0 Å². The number of hydrogen-bond donors (Lipinski definition) is 2. The minimum absolute atomic E-state index is 0.0773. The first-order valence-electron chi connectivity index (χ1n) is 13.8. The molecule has 0 saturated carbocycles. The van der Waals surface area contributed by atoms with E-state index in [0.29, 0.717) is 11.1 Å². The van der Waals surface area contributed by atoms with E-state index >= 15 is 0 Å². The third kappa shape index (κ3) is 8.74. The van der Waals surface area contributed by atoms with Gasteiger partial charge >= 0.3 is 6.09 Å². The van der Waals surface area contributed by atoms with Crippen molar-refractivity contribution in [2.45, 2.75) is 65.9 Å². The Kier molecular flexibility index (Phi) is 11.0. The Hall–Kier alpha value is -4.55. The maximum atomic E-state index is 14.1. The number of ether oxygens (including phenoxy) is 2. The number of alkyl carbamates (subject to hydrolysis) is 1. The van der Waals surface area contributed by atoms with Gasteiger partial charge in [-0.3, -0.25) is 4.79 Å². The quantitative estimate of drug-likeness (QED) is 0.153. The van der Waals surface area contributed by atoms with Gasteiger partial charge in [0.2, 0.25) is 0 Å². The number of benzene rings is 2. The van der Waals surface area contributed by atoms with Crippen molar-refractivity contribution in [3.05, 3.63) is 81.1 Å². The van der Waals surface area contributed by atoms with E-state index in [2.05, 4.69) is 15.6 Å². The van der Waals surface area contributed by atoms with E-state index in [9.17, 15) is 27.2 Å². The third-order valence-corrected chi connectivity index (χ3v) is 5.95. The lowest BCUT2D eigenvalue weighted by atomic mass is 9.99. The van der Waals surface area contributed by atoms with Crippen molar-refractivity contribution >= 4 is 6.09 Å². The molecular formula is C31H35F4N3O6. The van der Waals surface area contributed by atoms with E-state index in [4.69, 9.17) is 18.5 Å². The van der Waals surface area contributed by atoms with E-state index in [1.54, 1.807) is 34.6 Å². The Morgan fingerprint density at radius 3 is 1.95 bits per heavy atom. The van der Waals surface area contributed by atoms with Gasteiger partial charge in [-0.25, -0.2) is 22.4 Å². The maximum absolute atomic E-state index is 14.1. The highest BCUT2D eigenvalue weighted by Gasteiger charge is 2.24. The fourth-order valence-electron chi connectivity index (χ4n) is 4.09. The molecule has 9 nitrogen and oxygen atoms in total. The second-order valence-electron chi connectivity index (χ2n) is 11.3. The van der Waals surface area contributed by atoms with E-state index in [1.165, 1.54) is 12.1 Å². The molecule has 0 fully saturated rings. The Morgan fingerprint density at radius 1 is 0.909 bits per heavy atom. The Morgan fingerprint density at radius 2 is 1.45 bits per heavy atom. The Labute approximate surface area is 251 Å². The van der Waals surface area contributed by atoms with Gasteiger partial charge in [0.15, 0.2) is 11.5 Å². The van der Waals surface area contributed by atoms with Crippen LogP contribution in [0, 0.1) is 23.3 Å². The predicted octanol–water partition coefficient (Wildman–Crippen LogP) is 7.68. The van der Waals surface area contributed by atoms with Crippen LogP contribution in [-0.4, -0.2) is 35.2 Å². The van der Waals surface area contributed by atoms with Gasteiger partial charge in [-0.2, -0.15) is 5.16 Å². The number of H-pyrrole nitrogens is 1. The minimum Gasteiger partial charge on any atom is -0.473 e. The smallest absolute Gasteiger partial charge is 0.407 e. The van der Waals surface area contributed by atoms with Crippen LogP contribution in [-0.2, 0) is 4.74 Å². The van der Waals surface area contributed by atoms with Crippen LogP contribution < -0.4 is 15.6 Å². The van der Waals surface area contributed by atoms with Crippen LogP contribution in [0.3, 0.4) is 0 Å². The summed E-state index contributed by atoms with van der Waals surface area (Å²) in [5, 5.41) is 8.59. The SMILES string of the molecule is CC(C)c1c(-c2ccc(F)cc2F)o[nH]c1=O.CC(C)c1c(OCCNC(=O)OC(C)(C)C)noc1-c1ccc(F)cc1F. The van der Waals surface area contributed by atoms with Gasteiger partial charge in [-0.15, -0.1) is 0 Å². The number of halogens is 4. The van der Waals surface area contributed by atoms with Gasteiger partial charge in [-0.1, -0.05) is 27.7 Å². The molecule has 0 unspecified atom stereocenters. The monoisotopic (exact) mass is 621 g/mol. The highest BCUT2D eigenvalue weighted by atomic mass is 19.1. The summed E-state index contributed by atoms with van der Waals surface area (Å²) in [5.41, 5.74) is 0.130. The van der Waals surface area contributed by atoms with Crippen molar-refractivity contribution < 1.29 is 40.9 Å². The van der Waals surface area contributed by atoms with E-state index in [-0.39, 0.29) is 53.5 Å². The van der Waals surface area contributed by atoms with Gasteiger partial charge in [0, 0.05) is 12.1 Å². The number of carbonyl (C=O) groups excluding carboxylic acids is 1. The van der Waals surface area contributed by atoms with Crippen LogP contribution in [0.5, 0.6) is 5.88 Å². The molecule has 2 aromatic heterocycles. The summed E-state index contributed by atoms with van der Waals surface area (Å²) < 4.78 is 74.5. The number of amides is 1. The van der Waals surface area contributed by atoms with Crippen molar-refractivity contribution in [3.8, 4) is 28.5 Å². The van der Waals surface area contributed by atoms with Crippen molar-refractivity contribution in [1.29, 1.82) is 0 Å². The van der Waals surface area contributed by atoms with Gasteiger partial charge in [0.25, 0.3) is 11.4 Å². The first kappa shape index (κ1) is 33.9. The molecule has 4 aromatic rings. The second kappa shape index (κ2) is 14.3. The molecule has 0 saturated heterocycles. The molecule has 0 aliphatic carbocycles. The molecule has 2 aromatic carbocycles. The van der Waals surface area contributed by atoms with Crippen molar-refractivity contribution in [1.82, 2.24) is 15.6 Å². The molecule has 0 aliphatic rings. The molecule has 0 atom stereocenters. The van der Waals surface area contributed by atoms with Crippen LogP contribution in [0.4, 0.5) is 22.4 Å². The molecule has 0 spiro atoms. The molecule has 2 heterocycles. The highest BCUT2D eigenvalue weighted by molar-refractivity contribution is 5.67. The summed E-state index contributed by atoms with van der Waals surface area (Å²) in [5.74, 6) is -2.51. The number of hydrogen-bond acceptors (Lipinski definition) is 7. The van der Waals surface area contributed by atoms with Crippen molar-refractivity contribution in [2.75, 3.05) is 13.2 Å². The number of aromatic amines is 1. The first-order chi connectivity index (χ1) is 20.6. The number of rotatable bonds is 8. The zero-order valence-corrected chi connectivity index (χ0v) is 25.4. The average Bonchev–Trinajstić information content (AvgIpc) is 3.49. The first-order valence-corrected chi connectivity index (χ1v) is 13.8. The van der Waals surface area contributed by atoms with E-state index in [0.717, 1.165) is 24.3 Å². The van der Waals surface area contributed by atoms with Gasteiger partial charge in [-0.05, 0) is 62.0 Å². The highest BCUT2D eigenvalue weighted by Crippen LogP contribution is 2.37. The second-order valence-corrected chi connectivity index (χ2v) is 11.3. The molecule has 1 amide bonds. The van der Waals surface area contributed by atoms with Crippen LogP contribution in [0.25, 0.3) is 22.6 Å². The molecule has 44 heavy (non-hydrogen) atoms. The number of carbonyl (C=O) groups is 1. The van der Waals surface area contributed by atoms with Crippen LogP contribution in [0.2, 0.25) is 0 Å². The normalized spacial score (nSPS) is 11.4. The molecule has 238 valence electrons. The van der Waals surface area contributed by atoms with Gasteiger partial charge in [0.05, 0.1) is 28.8 Å². The molecule has 13 heteroatoms. The molecule has 0 bridgehead atoms. The molecule has 2 N–H and O–H groups in total. The van der Waals surface area contributed by atoms with Crippen LogP contribution in [0.15, 0.2) is 50.2 Å². The lowest BCUT2D eigenvalue weighted by Crippen LogP contribution is -2.34. The summed E-state index contributed by atoms with van der Waals surface area (Å²) in [4.78, 5) is 23.1. The topological polar surface area (TPSA) is 120 Å². The summed E-state index contributed by atoms with van der Waals surface area (Å²) in [6.45, 7) is 13.0. The van der Waals surface area contributed by atoms with E-state index in [1.807, 2.05) is 13.8 Å². The number of nitrogens with one attached hydrogen (secondary N) is 2. The van der Waals surface area contributed by atoms with Crippen molar-refractivity contribution in [3.63, 3.8) is 0 Å². The Balaban J connectivity index is 0.000000266. The minimum atomic E-state index is -0.755. The maximum Gasteiger partial charge on any atom is 0.407 e. The lowest BCUT2D eigenvalue weighted by molar-refractivity contribution is 0.0519. The largest absolute Gasteiger partial charge is 0.473 e. The fourth-order valence-corrected chi connectivity index (χ4v) is 4.09. The summed E-state index contributed by atoms with van der Waals surface area (Å²) in [6.07, 6.45) is -0.551. The van der Waals surface area contributed by atoms with E-state index < -0.39 is 40.5 Å². The van der Waals surface area contributed by atoms with Crippen molar-refractivity contribution in [2.24, 2.45) is 0 Å². The molecule has 0 aliphatic heterocycles. The van der Waals surface area contributed by atoms with Crippen LogP contribution in [0.1, 0.15) is 71.4 Å². The number of aromatic nitrogens is 2. The average molecular weight is 622 g/mol. The number of nitrogens with zero attached hydrogens (tertiary/aromatic N) is 1. The third-order valence-electron chi connectivity index (χ3n) is 5.95. The molecule has 4 rings (SSSR count). The fraction of sp³-hybridized carbons (Fsp3) is 0.387. The summed E-state index contributed by atoms with van der Waals surface area (Å²) in [6, 6.07) is 6.36. The predicted molar refractivity (Wildman–Crippen MR) is 154 cm³/mol. The molecular weight excluding hydrogens is 586 g/mol.